The number of ether oxygens (including phenoxy) is 3. The normalized spacial score (nSPS) is 15.1. The fourth-order valence-corrected chi connectivity index (χ4v) is 2.98. The van der Waals surface area contributed by atoms with Crippen LogP contribution in [0.25, 0.3) is 0 Å². The van der Waals surface area contributed by atoms with Gasteiger partial charge in [0.2, 0.25) is 0 Å². The number of carbonyl (C=O) groups excluding carboxylic acids is 2. The van der Waals surface area contributed by atoms with Gasteiger partial charge in [-0.3, -0.25) is 4.79 Å². The van der Waals surface area contributed by atoms with Crippen LogP contribution >= 0.6 is 0 Å². The van der Waals surface area contributed by atoms with E-state index in [9.17, 15) is 9.59 Å². The fraction of sp³-hybridized carbons (Fsp3) is 0.579. The highest BCUT2D eigenvalue weighted by atomic mass is 16.5. The van der Waals surface area contributed by atoms with Crippen LogP contribution in [0.4, 0.5) is 0 Å². The van der Waals surface area contributed by atoms with Crippen molar-refractivity contribution in [3.63, 3.8) is 0 Å². The van der Waals surface area contributed by atoms with Crippen molar-refractivity contribution in [2.24, 2.45) is 0 Å². The van der Waals surface area contributed by atoms with Crippen LogP contribution < -0.4 is 14.8 Å². The molecule has 1 N–H and O–H groups in total. The molecule has 0 bridgehead atoms. The third-order valence-corrected chi connectivity index (χ3v) is 4.25. The molecule has 0 atom stereocenters. The van der Waals surface area contributed by atoms with Crippen LogP contribution in [0.2, 0.25) is 0 Å². The largest absolute Gasteiger partial charge is 0.493 e. The van der Waals surface area contributed by atoms with E-state index in [4.69, 9.17) is 14.2 Å². The lowest BCUT2D eigenvalue weighted by molar-refractivity contribution is -0.125. The van der Waals surface area contributed by atoms with Gasteiger partial charge in [-0.05, 0) is 38.0 Å². The molecule has 0 heterocycles. The van der Waals surface area contributed by atoms with Crippen molar-refractivity contribution >= 4 is 11.9 Å². The monoisotopic (exact) mass is 349 g/mol. The van der Waals surface area contributed by atoms with Gasteiger partial charge in [-0.15, -0.1) is 0 Å². The minimum Gasteiger partial charge on any atom is -0.493 e. The van der Waals surface area contributed by atoms with E-state index in [1.165, 1.54) is 20.0 Å². The number of carbonyl (C=O) groups is 2. The highest BCUT2D eigenvalue weighted by molar-refractivity contribution is 5.92. The highest BCUT2D eigenvalue weighted by Gasteiger charge is 2.17. The molecule has 1 aliphatic carbocycles. The summed E-state index contributed by atoms with van der Waals surface area (Å²) < 4.78 is 15.8. The van der Waals surface area contributed by atoms with Crippen molar-refractivity contribution in [2.45, 2.75) is 51.5 Å². The first-order valence-electron chi connectivity index (χ1n) is 8.91. The van der Waals surface area contributed by atoms with E-state index in [1.807, 2.05) is 6.92 Å². The second kappa shape index (κ2) is 9.91. The van der Waals surface area contributed by atoms with Gasteiger partial charge < -0.3 is 19.5 Å². The Morgan fingerprint density at radius 3 is 2.48 bits per heavy atom. The fourth-order valence-electron chi connectivity index (χ4n) is 2.98. The summed E-state index contributed by atoms with van der Waals surface area (Å²) in [6, 6.07) is 4.99. The number of amides is 1. The predicted octanol–water partition coefficient (Wildman–Crippen LogP) is 3.09. The molecule has 1 amide bonds. The summed E-state index contributed by atoms with van der Waals surface area (Å²) in [5.41, 5.74) is 0.325. The standard InChI is InChI=1S/C19H27NO5/c1-3-24-17-12-14(10-11-16(17)23-2)19(22)25-13-18(21)20-15-8-6-4-5-7-9-15/h10-12,15H,3-9,13H2,1-2H3,(H,20,21). The Kier molecular flexibility index (Phi) is 7.57. The average Bonchev–Trinajstić information content (AvgIpc) is 2.88. The van der Waals surface area contributed by atoms with Crippen LogP contribution in [0.15, 0.2) is 18.2 Å². The van der Waals surface area contributed by atoms with Gasteiger partial charge in [0, 0.05) is 6.04 Å². The Labute approximate surface area is 148 Å². The molecule has 0 aromatic heterocycles. The summed E-state index contributed by atoms with van der Waals surface area (Å²) in [4.78, 5) is 24.1. The van der Waals surface area contributed by atoms with Crippen molar-refractivity contribution in [3.05, 3.63) is 23.8 Å². The summed E-state index contributed by atoms with van der Waals surface area (Å²) in [6.07, 6.45) is 6.71. The molecule has 138 valence electrons. The molecule has 0 spiro atoms. The van der Waals surface area contributed by atoms with E-state index in [0.717, 1.165) is 25.7 Å². The van der Waals surface area contributed by atoms with Crippen LogP contribution in [-0.2, 0) is 9.53 Å². The van der Waals surface area contributed by atoms with E-state index in [1.54, 1.807) is 18.2 Å². The molecule has 1 aliphatic rings. The Morgan fingerprint density at radius 1 is 1.12 bits per heavy atom. The quantitative estimate of drug-likeness (QED) is 0.605. The van der Waals surface area contributed by atoms with Crippen LogP contribution in [0.5, 0.6) is 11.5 Å². The molecule has 0 unspecified atom stereocenters. The minimum atomic E-state index is -0.556. The number of hydrogen-bond acceptors (Lipinski definition) is 5. The number of hydrogen-bond donors (Lipinski definition) is 1. The molecule has 6 heteroatoms. The molecule has 6 nitrogen and oxygen atoms in total. The zero-order chi connectivity index (χ0) is 18.1. The van der Waals surface area contributed by atoms with Crippen molar-refractivity contribution in [2.75, 3.05) is 20.3 Å². The zero-order valence-electron chi connectivity index (χ0n) is 15.0. The molecule has 2 rings (SSSR count). The number of benzene rings is 1. The van der Waals surface area contributed by atoms with Gasteiger partial charge in [-0.2, -0.15) is 0 Å². The minimum absolute atomic E-state index is 0.194. The van der Waals surface area contributed by atoms with E-state index >= 15 is 0 Å². The number of nitrogens with one attached hydrogen (secondary N) is 1. The van der Waals surface area contributed by atoms with Gasteiger partial charge >= 0.3 is 5.97 Å². The number of rotatable bonds is 7. The molecular weight excluding hydrogens is 322 g/mol. The van der Waals surface area contributed by atoms with Gasteiger partial charge in [-0.25, -0.2) is 4.79 Å². The summed E-state index contributed by atoms with van der Waals surface area (Å²) in [7, 11) is 1.54. The molecule has 1 aromatic rings. The van der Waals surface area contributed by atoms with E-state index in [2.05, 4.69) is 5.32 Å². The first kappa shape index (κ1) is 19.1. The molecule has 25 heavy (non-hydrogen) atoms. The summed E-state index contributed by atoms with van der Waals surface area (Å²) >= 11 is 0. The third kappa shape index (κ3) is 5.96. The Morgan fingerprint density at radius 2 is 1.84 bits per heavy atom. The van der Waals surface area contributed by atoms with Gasteiger partial charge in [0.05, 0.1) is 19.3 Å². The average molecular weight is 349 g/mol. The number of esters is 1. The molecular formula is C19H27NO5. The molecule has 1 aromatic carbocycles. The van der Waals surface area contributed by atoms with E-state index in [0.29, 0.717) is 23.7 Å². The van der Waals surface area contributed by atoms with Crippen molar-refractivity contribution in [3.8, 4) is 11.5 Å². The molecule has 1 fully saturated rings. The summed E-state index contributed by atoms with van der Waals surface area (Å²) in [6.45, 7) is 2.03. The second-order valence-corrected chi connectivity index (χ2v) is 6.13. The lowest BCUT2D eigenvalue weighted by Gasteiger charge is -2.16. The third-order valence-electron chi connectivity index (χ3n) is 4.25. The van der Waals surface area contributed by atoms with Crippen LogP contribution in [-0.4, -0.2) is 38.2 Å². The molecule has 0 radical (unpaired) electrons. The first-order chi connectivity index (χ1) is 12.1. The van der Waals surface area contributed by atoms with Crippen molar-refractivity contribution < 1.29 is 23.8 Å². The van der Waals surface area contributed by atoms with Crippen LogP contribution in [0.1, 0.15) is 55.8 Å². The second-order valence-electron chi connectivity index (χ2n) is 6.13. The summed E-state index contributed by atoms with van der Waals surface area (Å²) in [5.74, 6) is 0.213. The highest BCUT2D eigenvalue weighted by Crippen LogP contribution is 2.28. The van der Waals surface area contributed by atoms with Gasteiger partial charge in [0.1, 0.15) is 0 Å². The zero-order valence-corrected chi connectivity index (χ0v) is 15.0. The lowest BCUT2D eigenvalue weighted by atomic mass is 10.1. The lowest BCUT2D eigenvalue weighted by Crippen LogP contribution is -2.37. The maximum absolute atomic E-state index is 12.2. The van der Waals surface area contributed by atoms with Gasteiger partial charge in [0.15, 0.2) is 18.1 Å². The Hall–Kier alpha value is -2.24. The molecule has 0 saturated heterocycles. The van der Waals surface area contributed by atoms with Gasteiger partial charge in [0.25, 0.3) is 5.91 Å². The van der Waals surface area contributed by atoms with Crippen LogP contribution in [0, 0.1) is 0 Å². The van der Waals surface area contributed by atoms with E-state index < -0.39 is 5.97 Å². The molecule has 0 aliphatic heterocycles. The smallest absolute Gasteiger partial charge is 0.338 e. The van der Waals surface area contributed by atoms with Crippen molar-refractivity contribution in [1.29, 1.82) is 0 Å². The van der Waals surface area contributed by atoms with Gasteiger partial charge in [-0.1, -0.05) is 25.7 Å². The predicted molar refractivity (Wildman–Crippen MR) is 94.1 cm³/mol. The Balaban J connectivity index is 1.86. The van der Waals surface area contributed by atoms with Crippen molar-refractivity contribution in [1.82, 2.24) is 5.32 Å². The maximum atomic E-state index is 12.2. The molecule has 1 saturated carbocycles. The van der Waals surface area contributed by atoms with Crippen LogP contribution in [0.3, 0.4) is 0 Å². The summed E-state index contributed by atoms with van der Waals surface area (Å²) in [5, 5.41) is 2.95. The first-order valence-corrected chi connectivity index (χ1v) is 8.91. The number of methoxy groups -OCH3 is 1. The van der Waals surface area contributed by atoms with E-state index in [-0.39, 0.29) is 18.6 Å². The SMILES string of the molecule is CCOc1cc(C(=O)OCC(=O)NC2CCCCCC2)ccc1OC. The topological polar surface area (TPSA) is 73.9 Å². The Bertz CT molecular complexity index is 579. The maximum Gasteiger partial charge on any atom is 0.338 e.